The van der Waals surface area contributed by atoms with Crippen molar-refractivity contribution in [1.82, 2.24) is 24.5 Å². The van der Waals surface area contributed by atoms with Gasteiger partial charge >= 0.3 is 0 Å². The first-order chi connectivity index (χ1) is 9.93. The summed E-state index contributed by atoms with van der Waals surface area (Å²) in [6.07, 6.45) is 1.67. The Morgan fingerprint density at radius 1 is 1.38 bits per heavy atom. The van der Waals surface area contributed by atoms with Gasteiger partial charge in [0.05, 0.1) is 22.9 Å². The van der Waals surface area contributed by atoms with Crippen LogP contribution in [0.25, 0.3) is 0 Å². The molecular weight excluding hydrogens is 334 g/mol. The maximum atomic E-state index is 12.8. The van der Waals surface area contributed by atoms with Crippen LogP contribution in [0.5, 0.6) is 0 Å². The lowest BCUT2D eigenvalue weighted by Crippen LogP contribution is -2.22. The molecule has 2 heterocycles. The SMILES string of the molecule is CCn1nc(C)cc1C(=O)c1c(Br)cnn1CCN(C)C. The van der Waals surface area contributed by atoms with Crippen molar-refractivity contribution >= 4 is 21.7 Å². The number of hydrogen-bond donors (Lipinski definition) is 0. The summed E-state index contributed by atoms with van der Waals surface area (Å²) in [6, 6.07) is 1.82. The molecule has 0 aliphatic rings. The van der Waals surface area contributed by atoms with Gasteiger partial charge in [-0.2, -0.15) is 10.2 Å². The van der Waals surface area contributed by atoms with Gasteiger partial charge in [-0.05, 0) is 49.9 Å². The maximum Gasteiger partial charge on any atom is 0.230 e. The maximum absolute atomic E-state index is 12.8. The molecule has 2 rings (SSSR count). The zero-order valence-electron chi connectivity index (χ0n) is 12.8. The monoisotopic (exact) mass is 353 g/mol. The predicted octanol–water partition coefficient (Wildman–Crippen LogP) is 1.96. The van der Waals surface area contributed by atoms with Crippen molar-refractivity contribution < 1.29 is 4.79 Å². The molecule has 7 heteroatoms. The first-order valence-corrected chi connectivity index (χ1v) is 7.68. The van der Waals surface area contributed by atoms with Gasteiger partial charge in [0.2, 0.25) is 5.78 Å². The van der Waals surface area contributed by atoms with Gasteiger partial charge in [-0.25, -0.2) is 0 Å². The minimum Gasteiger partial charge on any atom is -0.308 e. The normalized spacial score (nSPS) is 11.3. The summed E-state index contributed by atoms with van der Waals surface area (Å²) in [7, 11) is 3.99. The van der Waals surface area contributed by atoms with Crippen LogP contribution < -0.4 is 0 Å². The lowest BCUT2D eigenvalue weighted by atomic mass is 10.2. The Bertz CT molecular complexity index is 644. The van der Waals surface area contributed by atoms with Crippen molar-refractivity contribution in [1.29, 1.82) is 0 Å². The number of halogens is 1. The molecule has 0 saturated carbocycles. The summed E-state index contributed by atoms with van der Waals surface area (Å²) in [4.78, 5) is 14.9. The average molecular weight is 354 g/mol. The van der Waals surface area contributed by atoms with Crippen LogP contribution in [-0.2, 0) is 13.1 Å². The van der Waals surface area contributed by atoms with Crippen molar-refractivity contribution in [3.63, 3.8) is 0 Å². The summed E-state index contributed by atoms with van der Waals surface area (Å²) >= 11 is 3.43. The molecule has 2 aromatic rings. The van der Waals surface area contributed by atoms with E-state index in [9.17, 15) is 4.79 Å². The standard InChI is InChI=1S/C14H20BrN5O/c1-5-19-12(8-10(2)17-19)14(21)13-11(15)9-16-20(13)7-6-18(3)4/h8-9H,5-7H2,1-4H3. The highest BCUT2D eigenvalue weighted by atomic mass is 79.9. The predicted molar refractivity (Wildman–Crippen MR) is 84.6 cm³/mol. The van der Waals surface area contributed by atoms with Gasteiger partial charge in [0, 0.05) is 13.1 Å². The average Bonchev–Trinajstić information content (AvgIpc) is 2.98. The molecule has 0 bridgehead atoms. The van der Waals surface area contributed by atoms with E-state index in [0.717, 1.165) is 12.2 Å². The summed E-state index contributed by atoms with van der Waals surface area (Å²) in [6.45, 7) is 6.01. The number of ketones is 1. The van der Waals surface area contributed by atoms with Gasteiger partial charge in [-0.15, -0.1) is 0 Å². The van der Waals surface area contributed by atoms with E-state index in [1.54, 1.807) is 15.6 Å². The van der Waals surface area contributed by atoms with Gasteiger partial charge in [0.1, 0.15) is 11.4 Å². The Labute approximate surface area is 132 Å². The van der Waals surface area contributed by atoms with Gasteiger partial charge in [-0.1, -0.05) is 0 Å². The van der Waals surface area contributed by atoms with Gasteiger partial charge < -0.3 is 4.90 Å². The van der Waals surface area contributed by atoms with Crippen LogP contribution >= 0.6 is 15.9 Å². The summed E-state index contributed by atoms with van der Waals surface area (Å²) in [5.41, 5.74) is 2.02. The molecular formula is C14H20BrN5O. The van der Waals surface area contributed by atoms with Gasteiger partial charge in [-0.3, -0.25) is 14.2 Å². The van der Waals surface area contributed by atoms with E-state index in [2.05, 4.69) is 31.0 Å². The molecule has 0 aliphatic carbocycles. The topological polar surface area (TPSA) is 56.0 Å². The van der Waals surface area contributed by atoms with Crippen LogP contribution in [0.2, 0.25) is 0 Å². The fourth-order valence-electron chi connectivity index (χ4n) is 2.14. The van der Waals surface area contributed by atoms with Gasteiger partial charge in [0.25, 0.3) is 0 Å². The molecule has 0 atom stereocenters. The van der Waals surface area contributed by atoms with Crippen molar-refractivity contribution in [2.45, 2.75) is 26.9 Å². The third-order valence-corrected chi connectivity index (χ3v) is 3.78. The van der Waals surface area contributed by atoms with Crippen LogP contribution in [0, 0.1) is 6.92 Å². The highest BCUT2D eigenvalue weighted by Crippen LogP contribution is 2.20. The Morgan fingerprint density at radius 3 is 2.71 bits per heavy atom. The van der Waals surface area contributed by atoms with E-state index in [1.807, 2.05) is 34.0 Å². The Kier molecular flexibility index (Phi) is 4.95. The van der Waals surface area contributed by atoms with Crippen molar-refractivity contribution in [2.24, 2.45) is 0 Å². The van der Waals surface area contributed by atoms with Crippen LogP contribution in [0.4, 0.5) is 0 Å². The molecule has 0 N–H and O–H groups in total. The zero-order chi connectivity index (χ0) is 15.6. The molecule has 0 aromatic carbocycles. The molecule has 21 heavy (non-hydrogen) atoms. The van der Waals surface area contributed by atoms with Crippen LogP contribution in [0.15, 0.2) is 16.7 Å². The quantitative estimate of drug-likeness (QED) is 0.745. The Hall–Kier alpha value is -1.47. The number of hydrogen-bond acceptors (Lipinski definition) is 4. The number of carbonyl (C=O) groups is 1. The Balaban J connectivity index is 2.36. The van der Waals surface area contributed by atoms with E-state index < -0.39 is 0 Å². The lowest BCUT2D eigenvalue weighted by molar-refractivity contribution is 0.101. The molecule has 0 amide bonds. The van der Waals surface area contributed by atoms with E-state index in [-0.39, 0.29) is 5.78 Å². The van der Waals surface area contributed by atoms with Crippen molar-refractivity contribution in [2.75, 3.05) is 20.6 Å². The van der Waals surface area contributed by atoms with E-state index >= 15 is 0 Å². The second kappa shape index (κ2) is 6.53. The lowest BCUT2D eigenvalue weighted by Gasteiger charge is -2.12. The van der Waals surface area contributed by atoms with E-state index in [1.165, 1.54) is 0 Å². The molecule has 0 saturated heterocycles. The minimum absolute atomic E-state index is 0.0550. The van der Waals surface area contributed by atoms with Gasteiger partial charge in [0.15, 0.2) is 0 Å². The fraction of sp³-hybridized carbons (Fsp3) is 0.500. The molecule has 6 nitrogen and oxygen atoms in total. The van der Waals surface area contributed by atoms with Crippen LogP contribution in [-0.4, -0.2) is 50.9 Å². The summed E-state index contributed by atoms with van der Waals surface area (Å²) in [5, 5.41) is 8.63. The molecule has 0 fully saturated rings. The second-order valence-corrected chi connectivity index (χ2v) is 6.04. The molecule has 0 unspecified atom stereocenters. The molecule has 0 spiro atoms. The highest BCUT2D eigenvalue weighted by molar-refractivity contribution is 9.10. The molecule has 114 valence electrons. The smallest absolute Gasteiger partial charge is 0.230 e. The minimum atomic E-state index is -0.0550. The number of nitrogens with zero attached hydrogens (tertiary/aromatic N) is 5. The summed E-state index contributed by atoms with van der Waals surface area (Å²) in [5.74, 6) is -0.0550. The van der Waals surface area contributed by atoms with Crippen molar-refractivity contribution in [3.8, 4) is 0 Å². The first kappa shape index (κ1) is 15.9. The largest absolute Gasteiger partial charge is 0.308 e. The summed E-state index contributed by atoms with van der Waals surface area (Å²) < 4.78 is 4.19. The van der Waals surface area contributed by atoms with Crippen molar-refractivity contribution in [3.05, 3.63) is 33.8 Å². The van der Waals surface area contributed by atoms with Crippen LogP contribution in [0.3, 0.4) is 0 Å². The Morgan fingerprint density at radius 2 is 2.10 bits per heavy atom. The number of likely N-dealkylation sites (N-methyl/N-ethyl adjacent to an activating group) is 1. The second-order valence-electron chi connectivity index (χ2n) is 5.18. The number of aromatic nitrogens is 4. The first-order valence-electron chi connectivity index (χ1n) is 6.89. The fourth-order valence-corrected chi connectivity index (χ4v) is 2.62. The molecule has 0 radical (unpaired) electrons. The van der Waals surface area contributed by atoms with Crippen LogP contribution in [0.1, 0.15) is 28.8 Å². The highest BCUT2D eigenvalue weighted by Gasteiger charge is 2.22. The number of rotatable bonds is 6. The third kappa shape index (κ3) is 3.41. The molecule has 2 aromatic heterocycles. The third-order valence-electron chi connectivity index (χ3n) is 3.20. The zero-order valence-corrected chi connectivity index (χ0v) is 14.4. The van der Waals surface area contributed by atoms with E-state index in [4.69, 9.17) is 0 Å². The number of aryl methyl sites for hydroxylation is 2. The number of carbonyl (C=O) groups excluding carboxylic acids is 1. The molecule has 0 aliphatic heterocycles. The van der Waals surface area contributed by atoms with E-state index in [0.29, 0.717) is 29.0 Å².